The molecule has 1 aromatic carbocycles. The van der Waals surface area contributed by atoms with Crippen molar-refractivity contribution in [2.24, 2.45) is 5.92 Å². The number of unbranched alkanes of at least 4 members (excludes halogenated alkanes) is 2. The topological polar surface area (TPSA) is 0 Å². The largest absolute Gasteiger partial charge is 0.203 e. The molecule has 1 aliphatic carbocycles. The molecule has 1 fully saturated rings. The first-order valence-electron chi connectivity index (χ1n) is 8.18. The molecule has 0 amide bonds. The number of aryl methyl sites for hydroxylation is 1. The van der Waals surface area contributed by atoms with Gasteiger partial charge in [0, 0.05) is 0 Å². The van der Waals surface area contributed by atoms with Gasteiger partial charge in [-0.25, -0.2) is 13.2 Å². The zero-order valence-corrected chi connectivity index (χ0v) is 13.0. The van der Waals surface area contributed by atoms with Gasteiger partial charge in [0.25, 0.3) is 0 Å². The zero-order chi connectivity index (χ0) is 15.4. The van der Waals surface area contributed by atoms with E-state index in [2.05, 4.69) is 6.92 Å². The van der Waals surface area contributed by atoms with Crippen LogP contribution in [0.15, 0.2) is 6.07 Å². The SMILES string of the molecule is CCCCC[C@H]1CC[C@H](c2cc(C)c(F)c(F)c2F)CC1. The quantitative estimate of drug-likeness (QED) is 0.444. The van der Waals surface area contributed by atoms with Crippen molar-refractivity contribution in [1.29, 1.82) is 0 Å². The molecule has 0 nitrogen and oxygen atoms in total. The lowest BCUT2D eigenvalue weighted by Gasteiger charge is -2.29. The second kappa shape index (κ2) is 7.33. The third-order valence-corrected chi connectivity index (χ3v) is 4.86. The van der Waals surface area contributed by atoms with Gasteiger partial charge in [-0.3, -0.25) is 0 Å². The molecular weight excluding hydrogens is 273 g/mol. The lowest BCUT2D eigenvalue weighted by molar-refractivity contribution is 0.296. The summed E-state index contributed by atoms with van der Waals surface area (Å²) in [6.07, 6.45) is 8.95. The summed E-state index contributed by atoms with van der Waals surface area (Å²) in [6.45, 7) is 3.70. The molecule has 1 saturated carbocycles. The average Bonchev–Trinajstić information content (AvgIpc) is 2.50. The summed E-state index contributed by atoms with van der Waals surface area (Å²) in [6, 6.07) is 1.50. The number of halogens is 3. The summed E-state index contributed by atoms with van der Waals surface area (Å²) >= 11 is 0. The van der Waals surface area contributed by atoms with Gasteiger partial charge in [-0.15, -0.1) is 0 Å². The van der Waals surface area contributed by atoms with Crippen LogP contribution in [0.25, 0.3) is 0 Å². The number of rotatable bonds is 5. The fraction of sp³-hybridized carbons (Fsp3) is 0.667. The average molecular weight is 298 g/mol. The minimum Gasteiger partial charge on any atom is -0.203 e. The van der Waals surface area contributed by atoms with Crippen molar-refractivity contribution >= 4 is 0 Å². The predicted molar refractivity (Wildman–Crippen MR) is 79.9 cm³/mol. The smallest absolute Gasteiger partial charge is 0.194 e. The van der Waals surface area contributed by atoms with Crippen molar-refractivity contribution in [2.75, 3.05) is 0 Å². The lowest BCUT2D eigenvalue weighted by Crippen LogP contribution is -2.15. The molecule has 0 N–H and O–H groups in total. The van der Waals surface area contributed by atoms with E-state index < -0.39 is 17.5 Å². The highest BCUT2D eigenvalue weighted by molar-refractivity contribution is 5.30. The number of hydrogen-bond acceptors (Lipinski definition) is 0. The van der Waals surface area contributed by atoms with Crippen molar-refractivity contribution in [2.45, 2.75) is 71.1 Å². The van der Waals surface area contributed by atoms with Crippen LogP contribution in [-0.4, -0.2) is 0 Å². The first kappa shape index (κ1) is 16.4. The van der Waals surface area contributed by atoms with Crippen LogP contribution in [0.4, 0.5) is 13.2 Å². The fourth-order valence-corrected chi connectivity index (χ4v) is 3.50. The lowest BCUT2D eigenvalue weighted by atomic mass is 9.76. The Morgan fingerprint density at radius 1 is 0.952 bits per heavy atom. The van der Waals surface area contributed by atoms with Gasteiger partial charge in [-0.1, -0.05) is 32.6 Å². The maximum Gasteiger partial charge on any atom is 0.194 e. The highest BCUT2D eigenvalue weighted by atomic mass is 19.2. The van der Waals surface area contributed by atoms with E-state index in [1.807, 2.05) is 0 Å². The number of benzene rings is 1. The Kier molecular flexibility index (Phi) is 5.72. The van der Waals surface area contributed by atoms with E-state index in [9.17, 15) is 13.2 Å². The Morgan fingerprint density at radius 2 is 1.62 bits per heavy atom. The molecule has 0 bridgehead atoms. The summed E-state index contributed by atoms with van der Waals surface area (Å²) in [4.78, 5) is 0. The second-order valence-corrected chi connectivity index (χ2v) is 6.44. The molecular formula is C18H25F3. The van der Waals surface area contributed by atoms with Crippen molar-refractivity contribution in [3.63, 3.8) is 0 Å². The van der Waals surface area contributed by atoms with E-state index >= 15 is 0 Å². The molecule has 21 heavy (non-hydrogen) atoms. The summed E-state index contributed by atoms with van der Waals surface area (Å²) in [5.41, 5.74) is 0.576. The first-order valence-corrected chi connectivity index (χ1v) is 8.18. The molecule has 0 radical (unpaired) electrons. The van der Waals surface area contributed by atoms with E-state index in [4.69, 9.17) is 0 Å². The Hall–Kier alpha value is -0.990. The van der Waals surface area contributed by atoms with Gasteiger partial charge in [0.05, 0.1) is 0 Å². The summed E-state index contributed by atoms with van der Waals surface area (Å²) in [7, 11) is 0. The van der Waals surface area contributed by atoms with Crippen LogP contribution in [0.3, 0.4) is 0 Å². The summed E-state index contributed by atoms with van der Waals surface area (Å²) in [5.74, 6) is -2.57. The van der Waals surface area contributed by atoms with Crippen molar-refractivity contribution in [3.05, 3.63) is 34.6 Å². The maximum atomic E-state index is 14.0. The normalized spacial score (nSPS) is 22.5. The predicted octanol–water partition coefficient (Wildman–Crippen LogP) is 6.27. The van der Waals surface area contributed by atoms with Gasteiger partial charge < -0.3 is 0 Å². The van der Waals surface area contributed by atoms with E-state index in [1.54, 1.807) is 0 Å². The fourth-order valence-electron chi connectivity index (χ4n) is 3.50. The maximum absolute atomic E-state index is 14.0. The minimum atomic E-state index is -1.31. The summed E-state index contributed by atoms with van der Waals surface area (Å²) in [5, 5.41) is 0. The van der Waals surface area contributed by atoms with Crippen LogP contribution in [-0.2, 0) is 0 Å². The molecule has 1 aliphatic rings. The Labute approximate surface area is 125 Å². The van der Waals surface area contributed by atoms with Crippen LogP contribution in [0.2, 0.25) is 0 Å². The molecule has 0 saturated heterocycles. The Morgan fingerprint density at radius 3 is 2.24 bits per heavy atom. The molecule has 0 aliphatic heterocycles. The van der Waals surface area contributed by atoms with Crippen LogP contribution in [0.1, 0.15) is 75.3 Å². The van der Waals surface area contributed by atoms with Crippen LogP contribution < -0.4 is 0 Å². The first-order chi connectivity index (χ1) is 10.0. The van der Waals surface area contributed by atoms with Gasteiger partial charge in [0.15, 0.2) is 17.5 Å². The molecule has 3 heteroatoms. The van der Waals surface area contributed by atoms with Gasteiger partial charge >= 0.3 is 0 Å². The van der Waals surface area contributed by atoms with Gasteiger partial charge in [-0.2, -0.15) is 0 Å². The van der Waals surface area contributed by atoms with Crippen LogP contribution >= 0.6 is 0 Å². The van der Waals surface area contributed by atoms with E-state index in [0.29, 0.717) is 5.56 Å². The van der Waals surface area contributed by atoms with Crippen molar-refractivity contribution < 1.29 is 13.2 Å². The molecule has 0 unspecified atom stereocenters. The monoisotopic (exact) mass is 298 g/mol. The molecule has 0 atom stereocenters. The van der Waals surface area contributed by atoms with Gasteiger partial charge in [0.2, 0.25) is 0 Å². The van der Waals surface area contributed by atoms with Crippen LogP contribution in [0, 0.1) is 30.3 Å². The molecule has 1 aromatic rings. The van der Waals surface area contributed by atoms with E-state index in [1.165, 1.54) is 38.7 Å². The second-order valence-electron chi connectivity index (χ2n) is 6.44. The van der Waals surface area contributed by atoms with Gasteiger partial charge in [0.1, 0.15) is 0 Å². The number of hydrogen-bond donors (Lipinski definition) is 0. The Bertz CT molecular complexity index is 474. The van der Waals surface area contributed by atoms with Crippen molar-refractivity contribution in [1.82, 2.24) is 0 Å². The molecule has 2 rings (SSSR count). The molecule has 118 valence electrons. The third kappa shape index (κ3) is 3.81. The Balaban J connectivity index is 1.99. The third-order valence-electron chi connectivity index (χ3n) is 4.86. The van der Waals surface area contributed by atoms with Crippen LogP contribution in [0.5, 0.6) is 0 Å². The van der Waals surface area contributed by atoms with E-state index in [-0.39, 0.29) is 11.5 Å². The highest BCUT2D eigenvalue weighted by Gasteiger charge is 2.27. The summed E-state index contributed by atoms with van der Waals surface area (Å²) < 4.78 is 40.9. The zero-order valence-electron chi connectivity index (χ0n) is 13.0. The molecule has 0 heterocycles. The molecule has 0 aromatic heterocycles. The minimum absolute atomic E-state index is 0.0428. The standard InChI is InChI=1S/C18H25F3/c1-3-4-5-6-13-7-9-14(10-8-13)15-11-12(2)16(19)18(21)17(15)20/h11,13-14H,3-10H2,1-2H3/t13-,14-. The molecule has 0 spiro atoms. The van der Waals surface area contributed by atoms with Gasteiger partial charge in [-0.05, 0) is 61.6 Å². The highest BCUT2D eigenvalue weighted by Crippen LogP contribution is 2.39. The van der Waals surface area contributed by atoms with Crippen molar-refractivity contribution in [3.8, 4) is 0 Å². The van der Waals surface area contributed by atoms with E-state index in [0.717, 1.165) is 31.6 Å².